The summed E-state index contributed by atoms with van der Waals surface area (Å²) in [6.07, 6.45) is 1.31. The van der Waals surface area contributed by atoms with Crippen molar-refractivity contribution in [3.05, 3.63) is 46.0 Å². The van der Waals surface area contributed by atoms with Gasteiger partial charge in [-0.15, -0.1) is 5.10 Å². The van der Waals surface area contributed by atoms with Crippen LogP contribution in [0, 0.1) is 13.8 Å². The number of carbonyl (C=O) groups is 1. The lowest BCUT2D eigenvalue weighted by Gasteiger charge is -2.11. The van der Waals surface area contributed by atoms with Gasteiger partial charge in [0.1, 0.15) is 12.4 Å². The Hall–Kier alpha value is -3.03. The van der Waals surface area contributed by atoms with E-state index in [4.69, 9.17) is 0 Å². The lowest BCUT2D eigenvalue weighted by molar-refractivity contribution is -0.144. The Kier molecular flexibility index (Phi) is 3.88. The molecule has 0 N–H and O–H groups in total. The first-order chi connectivity index (χ1) is 11.4. The van der Waals surface area contributed by atoms with Crippen molar-refractivity contribution in [2.24, 2.45) is 0 Å². The largest absolute Gasteiger partial charge is 0.467 e. The van der Waals surface area contributed by atoms with Gasteiger partial charge in [-0.05, 0) is 44.0 Å². The number of hydrogen-bond acceptors (Lipinski definition) is 6. The van der Waals surface area contributed by atoms with E-state index in [2.05, 4.69) is 20.0 Å². The van der Waals surface area contributed by atoms with E-state index in [1.165, 1.54) is 22.7 Å². The van der Waals surface area contributed by atoms with E-state index in [1.807, 2.05) is 32.0 Å². The van der Waals surface area contributed by atoms with Crippen molar-refractivity contribution in [1.29, 1.82) is 0 Å². The van der Waals surface area contributed by atoms with Crippen LogP contribution in [-0.4, -0.2) is 37.6 Å². The molecule has 0 aliphatic carbocycles. The predicted molar refractivity (Wildman–Crippen MR) is 87.1 cm³/mol. The second-order valence-corrected chi connectivity index (χ2v) is 5.68. The molecule has 8 nitrogen and oxygen atoms in total. The molecule has 0 spiro atoms. The molecule has 8 heteroatoms. The van der Waals surface area contributed by atoms with Crippen LogP contribution >= 0.6 is 0 Å². The number of carbonyl (C=O) groups excluding carboxylic acids is 1. The highest BCUT2D eigenvalue weighted by Crippen LogP contribution is 2.16. The van der Waals surface area contributed by atoms with Crippen LogP contribution in [-0.2, 0) is 9.53 Å². The van der Waals surface area contributed by atoms with E-state index in [0.29, 0.717) is 5.65 Å². The van der Waals surface area contributed by atoms with E-state index in [1.54, 1.807) is 6.92 Å². The molecule has 0 aliphatic rings. The molecule has 24 heavy (non-hydrogen) atoms. The zero-order chi connectivity index (χ0) is 17.4. The van der Waals surface area contributed by atoms with Gasteiger partial charge in [0.2, 0.25) is 0 Å². The number of aromatic nitrogens is 5. The number of aryl methyl sites for hydroxylation is 2. The Balaban J connectivity index is 2.17. The van der Waals surface area contributed by atoms with Crippen LogP contribution in [0.3, 0.4) is 0 Å². The molecule has 0 saturated carbocycles. The number of nitrogens with zero attached hydrogens (tertiary/aromatic N) is 5. The fourth-order valence-corrected chi connectivity index (χ4v) is 2.63. The second kappa shape index (κ2) is 5.88. The standard InChI is InChI=1S/C16H17N5O3/c1-9-5-10(2)7-12(6-9)21-14-13(18-19-21)15(22)20(8-17-14)11(3)16(23)24-4/h5-8,11H,1-4H3. The van der Waals surface area contributed by atoms with Crippen LogP contribution in [0.25, 0.3) is 16.9 Å². The molecule has 0 fully saturated rings. The number of esters is 1. The second-order valence-electron chi connectivity index (χ2n) is 5.68. The molecule has 124 valence electrons. The van der Waals surface area contributed by atoms with Crippen molar-refractivity contribution in [1.82, 2.24) is 24.5 Å². The van der Waals surface area contributed by atoms with Crippen LogP contribution in [0.15, 0.2) is 29.3 Å². The molecule has 1 atom stereocenters. The molecule has 0 bridgehead atoms. The highest BCUT2D eigenvalue weighted by Gasteiger charge is 2.20. The molecule has 0 aliphatic heterocycles. The van der Waals surface area contributed by atoms with Gasteiger partial charge in [-0.25, -0.2) is 9.78 Å². The van der Waals surface area contributed by atoms with Gasteiger partial charge in [-0.1, -0.05) is 11.3 Å². The third-order valence-corrected chi connectivity index (χ3v) is 3.80. The topological polar surface area (TPSA) is 91.9 Å². The Morgan fingerprint density at radius 2 is 1.88 bits per heavy atom. The quantitative estimate of drug-likeness (QED) is 0.674. The van der Waals surface area contributed by atoms with Gasteiger partial charge in [0.05, 0.1) is 12.8 Å². The minimum Gasteiger partial charge on any atom is -0.467 e. The van der Waals surface area contributed by atoms with Crippen molar-refractivity contribution in [2.45, 2.75) is 26.8 Å². The maximum atomic E-state index is 12.6. The zero-order valence-electron chi connectivity index (χ0n) is 13.8. The normalized spacial score (nSPS) is 12.3. The summed E-state index contributed by atoms with van der Waals surface area (Å²) in [5, 5.41) is 8.00. The SMILES string of the molecule is COC(=O)C(C)n1cnc2c(nnn2-c2cc(C)cc(C)c2)c1=O. The lowest BCUT2D eigenvalue weighted by Crippen LogP contribution is -2.29. The number of hydrogen-bond donors (Lipinski definition) is 0. The molecule has 1 unspecified atom stereocenters. The van der Waals surface area contributed by atoms with E-state index >= 15 is 0 Å². The number of benzene rings is 1. The minimum atomic E-state index is -0.786. The fraction of sp³-hybridized carbons (Fsp3) is 0.312. The Bertz CT molecular complexity index is 969. The molecule has 1 aromatic carbocycles. The van der Waals surface area contributed by atoms with Gasteiger partial charge in [0.25, 0.3) is 5.56 Å². The zero-order valence-corrected chi connectivity index (χ0v) is 13.8. The van der Waals surface area contributed by atoms with Gasteiger partial charge in [0.15, 0.2) is 11.2 Å². The summed E-state index contributed by atoms with van der Waals surface area (Å²) in [5.41, 5.74) is 2.93. The summed E-state index contributed by atoms with van der Waals surface area (Å²) >= 11 is 0. The monoisotopic (exact) mass is 327 g/mol. The molecular weight excluding hydrogens is 310 g/mol. The van der Waals surface area contributed by atoms with Gasteiger partial charge >= 0.3 is 5.97 Å². The van der Waals surface area contributed by atoms with E-state index in [9.17, 15) is 9.59 Å². The molecule has 3 aromatic rings. The summed E-state index contributed by atoms with van der Waals surface area (Å²) in [7, 11) is 1.27. The molecule has 0 radical (unpaired) electrons. The third kappa shape index (κ3) is 2.55. The minimum absolute atomic E-state index is 0.104. The van der Waals surface area contributed by atoms with E-state index in [0.717, 1.165) is 16.8 Å². The predicted octanol–water partition coefficient (Wildman–Crippen LogP) is 1.33. The summed E-state index contributed by atoms with van der Waals surface area (Å²) < 4.78 is 7.37. The van der Waals surface area contributed by atoms with Crippen LogP contribution in [0.1, 0.15) is 24.1 Å². The Labute approximate surface area is 137 Å². The first kappa shape index (κ1) is 15.9. The molecule has 0 amide bonds. The van der Waals surface area contributed by atoms with Crippen LogP contribution in [0.2, 0.25) is 0 Å². The smallest absolute Gasteiger partial charge is 0.328 e. The highest BCUT2D eigenvalue weighted by molar-refractivity contribution is 5.75. The maximum absolute atomic E-state index is 12.6. The first-order valence-corrected chi connectivity index (χ1v) is 7.41. The van der Waals surface area contributed by atoms with E-state index < -0.39 is 17.6 Å². The average molecular weight is 327 g/mol. The Morgan fingerprint density at radius 3 is 2.50 bits per heavy atom. The molecule has 0 saturated heterocycles. The van der Waals surface area contributed by atoms with Gasteiger partial charge < -0.3 is 4.74 Å². The van der Waals surface area contributed by atoms with Crippen molar-refractivity contribution in [2.75, 3.05) is 7.11 Å². The molecule has 2 aromatic heterocycles. The first-order valence-electron chi connectivity index (χ1n) is 7.41. The average Bonchev–Trinajstić information content (AvgIpc) is 2.98. The number of methoxy groups -OCH3 is 1. The molecular formula is C16H17N5O3. The van der Waals surface area contributed by atoms with Crippen LogP contribution < -0.4 is 5.56 Å². The fourth-order valence-electron chi connectivity index (χ4n) is 2.63. The maximum Gasteiger partial charge on any atom is 0.328 e. The van der Waals surface area contributed by atoms with Crippen LogP contribution in [0.5, 0.6) is 0 Å². The Morgan fingerprint density at radius 1 is 1.21 bits per heavy atom. The number of rotatable bonds is 3. The van der Waals surface area contributed by atoms with Crippen molar-refractivity contribution < 1.29 is 9.53 Å². The number of fused-ring (bicyclic) bond motifs is 1. The third-order valence-electron chi connectivity index (χ3n) is 3.80. The summed E-state index contributed by atoms with van der Waals surface area (Å²) in [4.78, 5) is 28.5. The van der Waals surface area contributed by atoms with Crippen molar-refractivity contribution >= 4 is 17.1 Å². The van der Waals surface area contributed by atoms with Gasteiger partial charge in [-0.2, -0.15) is 4.68 Å². The summed E-state index contributed by atoms with van der Waals surface area (Å²) in [5.74, 6) is -0.528. The van der Waals surface area contributed by atoms with Crippen molar-refractivity contribution in [3.63, 3.8) is 0 Å². The van der Waals surface area contributed by atoms with Crippen molar-refractivity contribution in [3.8, 4) is 5.69 Å². The van der Waals surface area contributed by atoms with Gasteiger partial charge in [-0.3, -0.25) is 9.36 Å². The molecule has 2 heterocycles. The van der Waals surface area contributed by atoms with Gasteiger partial charge in [0, 0.05) is 0 Å². The summed E-state index contributed by atoms with van der Waals surface area (Å²) in [6, 6.07) is 5.13. The van der Waals surface area contributed by atoms with Crippen LogP contribution in [0.4, 0.5) is 0 Å². The molecule has 3 rings (SSSR count). The van der Waals surface area contributed by atoms with E-state index in [-0.39, 0.29) is 5.52 Å². The summed E-state index contributed by atoms with van der Waals surface area (Å²) in [6.45, 7) is 5.53. The lowest BCUT2D eigenvalue weighted by atomic mass is 10.1. The highest BCUT2D eigenvalue weighted by atomic mass is 16.5. The number of ether oxygens (including phenoxy) is 1.